The number of aromatic amines is 1. The Balaban J connectivity index is 1.34. The summed E-state index contributed by atoms with van der Waals surface area (Å²) in [4.78, 5) is 22.3. The minimum atomic E-state index is -0.282. The van der Waals surface area contributed by atoms with Gasteiger partial charge in [0.2, 0.25) is 0 Å². The number of rotatable bonds is 2. The average molecular weight is 429 g/mol. The molecule has 2 saturated heterocycles. The van der Waals surface area contributed by atoms with Gasteiger partial charge in [-0.3, -0.25) is 4.79 Å². The molecule has 2 aliphatic heterocycles. The van der Waals surface area contributed by atoms with Gasteiger partial charge in [0, 0.05) is 58.1 Å². The van der Waals surface area contributed by atoms with Crippen molar-refractivity contribution in [2.75, 3.05) is 36.8 Å². The smallest absolute Gasteiger partial charge is 0.195 e. The highest BCUT2D eigenvalue weighted by molar-refractivity contribution is 6.20. The lowest BCUT2D eigenvalue weighted by molar-refractivity contribution is 0.103. The summed E-state index contributed by atoms with van der Waals surface area (Å²) in [5, 5.41) is 0.964. The van der Waals surface area contributed by atoms with Crippen molar-refractivity contribution in [3.8, 4) is 0 Å². The number of aromatic nitrogens is 1. The maximum atomic E-state index is 13.6. The molecule has 166 valence electrons. The highest BCUT2D eigenvalue weighted by Gasteiger charge is 2.40. The maximum absolute atomic E-state index is 13.6. The van der Waals surface area contributed by atoms with Crippen LogP contribution in [0, 0.1) is 0 Å². The summed E-state index contributed by atoms with van der Waals surface area (Å²) >= 11 is 0. The van der Waals surface area contributed by atoms with Crippen LogP contribution in [-0.4, -0.2) is 47.9 Å². The van der Waals surface area contributed by atoms with Crippen LogP contribution in [0.4, 0.5) is 11.4 Å². The quantitative estimate of drug-likeness (QED) is 0.582. The van der Waals surface area contributed by atoms with Gasteiger partial charge in [-0.1, -0.05) is 19.9 Å². The van der Waals surface area contributed by atoms with Gasteiger partial charge in [-0.2, -0.15) is 0 Å². The minimum absolute atomic E-state index is 0.115. The van der Waals surface area contributed by atoms with E-state index in [0.717, 1.165) is 52.4 Å². The lowest BCUT2D eigenvalue weighted by Crippen LogP contribution is -2.44. The molecule has 3 heterocycles. The monoisotopic (exact) mass is 428 g/mol. The fourth-order valence-electron chi connectivity index (χ4n) is 6.23. The van der Waals surface area contributed by atoms with Crippen LogP contribution in [0.2, 0.25) is 0 Å². The molecule has 0 saturated carbocycles. The fourth-order valence-corrected chi connectivity index (χ4v) is 6.23. The van der Waals surface area contributed by atoms with E-state index in [-0.39, 0.29) is 11.2 Å². The molecule has 3 N–H and O–H groups in total. The molecule has 2 aromatic carbocycles. The zero-order valence-electron chi connectivity index (χ0n) is 19.1. The third-order valence-electron chi connectivity index (χ3n) is 8.08. The fraction of sp³-hybridized carbons (Fsp3) is 0.444. The van der Waals surface area contributed by atoms with Crippen LogP contribution in [0.3, 0.4) is 0 Å². The molecule has 0 unspecified atom stereocenters. The van der Waals surface area contributed by atoms with E-state index >= 15 is 0 Å². The number of nitrogens with two attached hydrogens (primary N) is 1. The van der Waals surface area contributed by atoms with E-state index in [4.69, 9.17) is 5.73 Å². The number of piperidine rings is 1. The highest BCUT2D eigenvalue weighted by Crippen LogP contribution is 2.45. The number of ketones is 1. The van der Waals surface area contributed by atoms with Gasteiger partial charge in [-0.15, -0.1) is 0 Å². The number of anilines is 2. The molecule has 0 bridgehead atoms. The molecule has 0 amide bonds. The summed E-state index contributed by atoms with van der Waals surface area (Å²) in [6.07, 6.45) is 5.17. The average Bonchev–Trinajstić information content (AvgIpc) is 3.46. The molecule has 32 heavy (non-hydrogen) atoms. The molecule has 6 rings (SSSR count). The number of nitrogens with zero attached hydrogens (tertiary/aromatic N) is 2. The Morgan fingerprint density at radius 3 is 2.50 bits per heavy atom. The molecule has 1 aliphatic carbocycles. The second-order valence-electron chi connectivity index (χ2n) is 10.3. The van der Waals surface area contributed by atoms with Gasteiger partial charge < -0.3 is 20.5 Å². The van der Waals surface area contributed by atoms with E-state index in [9.17, 15) is 4.79 Å². The summed E-state index contributed by atoms with van der Waals surface area (Å²) in [6, 6.07) is 13.0. The molecule has 3 aromatic rings. The van der Waals surface area contributed by atoms with Crippen LogP contribution in [0.15, 0.2) is 36.4 Å². The van der Waals surface area contributed by atoms with Crippen molar-refractivity contribution in [2.24, 2.45) is 0 Å². The Kier molecular flexibility index (Phi) is 4.41. The number of likely N-dealkylation sites (tertiary alicyclic amines) is 1. The first kappa shape index (κ1) is 19.9. The first-order valence-electron chi connectivity index (χ1n) is 12.0. The second-order valence-corrected chi connectivity index (χ2v) is 10.3. The first-order chi connectivity index (χ1) is 15.4. The van der Waals surface area contributed by atoms with Crippen LogP contribution in [0.5, 0.6) is 0 Å². The van der Waals surface area contributed by atoms with Crippen molar-refractivity contribution < 1.29 is 4.79 Å². The second kappa shape index (κ2) is 7.11. The highest BCUT2D eigenvalue weighted by atomic mass is 16.1. The van der Waals surface area contributed by atoms with E-state index in [1.165, 1.54) is 44.5 Å². The minimum Gasteiger partial charge on any atom is -0.399 e. The molecule has 0 atom stereocenters. The molecular formula is C27H32N4O. The maximum Gasteiger partial charge on any atom is 0.195 e. The van der Waals surface area contributed by atoms with Crippen LogP contribution in [0.1, 0.15) is 66.7 Å². The van der Waals surface area contributed by atoms with Crippen LogP contribution < -0.4 is 10.6 Å². The topological polar surface area (TPSA) is 65.4 Å². The number of H-pyrrole nitrogens is 1. The number of nitrogen functional groups attached to an aromatic ring is 1. The number of benzene rings is 2. The predicted octanol–water partition coefficient (Wildman–Crippen LogP) is 4.69. The Hall–Kier alpha value is -2.79. The third kappa shape index (κ3) is 2.91. The largest absolute Gasteiger partial charge is 0.399 e. The number of hydrogen-bond donors (Lipinski definition) is 2. The summed E-state index contributed by atoms with van der Waals surface area (Å²) in [7, 11) is 0. The van der Waals surface area contributed by atoms with Crippen molar-refractivity contribution in [3.05, 3.63) is 58.8 Å². The third-order valence-corrected chi connectivity index (χ3v) is 8.08. The number of nitrogens with one attached hydrogen (secondary N) is 1. The van der Waals surface area contributed by atoms with Gasteiger partial charge in [0.25, 0.3) is 0 Å². The SMILES string of the molecule is CC1(C)c2cc(N3CCC(N4CCCC4)CC3)ccc2C(=O)c2c1[nH]c1cc(N)ccc21. The molecular weight excluding hydrogens is 396 g/mol. The zero-order chi connectivity index (χ0) is 22.0. The number of carbonyl (C=O) groups excluding carboxylic acids is 1. The summed E-state index contributed by atoms with van der Waals surface area (Å²) < 4.78 is 0. The number of carbonyl (C=O) groups is 1. The normalized spacial score (nSPS) is 21.2. The van der Waals surface area contributed by atoms with Crippen molar-refractivity contribution in [3.63, 3.8) is 0 Å². The Morgan fingerprint density at radius 2 is 1.75 bits per heavy atom. The van der Waals surface area contributed by atoms with E-state index in [0.29, 0.717) is 5.69 Å². The van der Waals surface area contributed by atoms with E-state index in [1.807, 2.05) is 18.2 Å². The van der Waals surface area contributed by atoms with Crippen molar-refractivity contribution in [2.45, 2.75) is 51.0 Å². The van der Waals surface area contributed by atoms with E-state index < -0.39 is 0 Å². The number of hydrogen-bond acceptors (Lipinski definition) is 4. The summed E-state index contributed by atoms with van der Waals surface area (Å²) in [6.45, 7) is 9.17. The Morgan fingerprint density at radius 1 is 1.00 bits per heavy atom. The van der Waals surface area contributed by atoms with Crippen molar-refractivity contribution in [1.82, 2.24) is 9.88 Å². The standard InChI is InChI=1S/C27H32N4O/c1-27(2)22-16-19(31-13-9-18(10-14-31)30-11-3-4-12-30)6-8-20(22)25(32)24-21-7-5-17(28)15-23(21)29-26(24)27/h5-8,15-16,18,29H,3-4,9-14,28H2,1-2H3. The Labute approximate surface area is 189 Å². The van der Waals surface area contributed by atoms with Crippen molar-refractivity contribution in [1.29, 1.82) is 0 Å². The van der Waals surface area contributed by atoms with Gasteiger partial charge >= 0.3 is 0 Å². The number of fused-ring (bicyclic) bond motifs is 4. The van der Waals surface area contributed by atoms with E-state index in [1.54, 1.807) is 0 Å². The van der Waals surface area contributed by atoms with Gasteiger partial charge in [0.05, 0.1) is 5.56 Å². The van der Waals surface area contributed by atoms with Gasteiger partial charge in [-0.25, -0.2) is 0 Å². The van der Waals surface area contributed by atoms with Crippen LogP contribution in [0.25, 0.3) is 10.9 Å². The summed E-state index contributed by atoms with van der Waals surface area (Å²) in [5.41, 5.74) is 12.4. The Bertz CT molecular complexity index is 1210. The lowest BCUT2D eigenvalue weighted by Gasteiger charge is -2.39. The molecule has 2 fully saturated rings. The molecule has 1 aromatic heterocycles. The molecule has 0 spiro atoms. The first-order valence-corrected chi connectivity index (χ1v) is 12.0. The zero-order valence-corrected chi connectivity index (χ0v) is 19.1. The molecule has 5 nitrogen and oxygen atoms in total. The lowest BCUT2D eigenvalue weighted by atomic mass is 9.71. The van der Waals surface area contributed by atoms with Crippen molar-refractivity contribution >= 4 is 28.1 Å². The van der Waals surface area contributed by atoms with Gasteiger partial charge in [0.15, 0.2) is 5.78 Å². The predicted molar refractivity (Wildman–Crippen MR) is 131 cm³/mol. The van der Waals surface area contributed by atoms with E-state index in [2.05, 4.69) is 46.8 Å². The summed E-state index contributed by atoms with van der Waals surface area (Å²) in [5.74, 6) is 0.115. The van der Waals surface area contributed by atoms with Crippen LogP contribution >= 0.6 is 0 Å². The van der Waals surface area contributed by atoms with Crippen LogP contribution in [-0.2, 0) is 5.41 Å². The van der Waals surface area contributed by atoms with Gasteiger partial charge in [0.1, 0.15) is 0 Å². The molecule has 3 aliphatic rings. The molecule has 5 heteroatoms. The van der Waals surface area contributed by atoms with Gasteiger partial charge in [-0.05, 0) is 74.7 Å². The molecule has 0 radical (unpaired) electrons.